The highest BCUT2D eigenvalue weighted by molar-refractivity contribution is 5.56. The van der Waals surface area contributed by atoms with Gasteiger partial charge in [-0.15, -0.1) is 0 Å². The average molecular weight is 415 g/mol. The fourth-order valence-corrected chi connectivity index (χ4v) is 2.91. The van der Waals surface area contributed by atoms with Crippen molar-refractivity contribution in [1.82, 2.24) is 19.6 Å². The zero-order valence-electron chi connectivity index (χ0n) is 16.4. The molecule has 0 spiro atoms. The number of aromatic nitrogens is 4. The lowest BCUT2D eigenvalue weighted by Gasteiger charge is -2.10. The minimum atomic E-state index is -0.762. The van der Waals surface area contributed by atoms with Crippen molar-refractivity contribution in [1.29, 1.82) is 0 Å². The van der Waals surface area contributed by atoms with Crippen molar-refractivity contribution < 1.29 is 18.4 Å². The molecule has 0 N–H and O–H groups in total. The lowest BCUT2D eigenvalue weighted by Crippen LogP contribution is -2.09. The van der Waals surface area contributed by atoms with Crippen molar-refractivity contribution in [2.75, 3.05) is 6.61 Å². The van der Waals surface area contributed by atoms with Gasteiger partial charge in [-0.2, -0.15) is 10.2 Å². The predicted molar refractivity (Wildman–Crippen MR) is 107 cm³/mol. The normalized spacial score (nSPS) is 11.2. The molecular formula is C20H19F2N5O3. The van der Waals surface area contributed by atoms with Crippen molar-refractivity contribution >= 4 is 11.8 Å². The van der Waals surface area contributed by atoms with Gasteiger partial charge in [-0.05, 0) is 19.9 Å². The first kappa shape index (κ1) is 20.9. The number of ether oxygens (including phenoxy) is 1. The zero-order valence-corrected chi connectivity index (χ0v) is 16.4. The summed E-state index contributed by atoms with van der Waals surface area (Å²) in [6, 6.07) is 2.24. The van der Waals surface area contributed by atoms with Crippen LogP contribution in [0.4, 0.5) is 14.5 Å². The first-order valence-corrected chi connectivity index (χ1v) is 9.02. The molecule has 0 bridgehead atoms. The molecule has 0 saturated carbocycles. The molecule has 0 aliphatic rings. The van der Waals surface area contributed by atoms with Gasteiger partial charge in [0.1, 0.15) is 29.8 Å². The molecule has 2 aromatic heterocycles. The van der Waals surface area contributed by atoms with Gasteiger partial charge in [-0.25, -0.2) is 13.5 Å². The van der Waals surface area contributed by atoms with Gasteiger partial charge in [0.15, 0.2) is 5.82 Å². The van der Waals surface area contributed by atoms with E-state index in [1.165, 1.54) is 15.6 Å². The summed E-state index contributed by atoms with van der Waals surface area (Å²) in [4.78, 5) is 10.4. The van der Waals surface area contributed by atoms with Gasteiger partial charge in [-0.3, -0.25) is 14.8 Å². The summed E-state index contributed by atoms with van der Waals surface area (Å²) in [6.07, 6.45) is 7.21. The first-order valence-electron chi connectivity index (χ1n) is 9.02. The molecular weight excluding hydrogens is 396 g/mol. The van der Waals surface area contributed by atoms with Crippen LogP contribution in [0.2, 0.25) is 0 Å². The number of halogens is 2. The highest BCUT2D eigenvalue weighted by atomic mass is 19.1. The zero-order chi connectivity index (χ0) is 21.8. The van der Waals surface area contributed by atoms with Gasteiger partial charge in [0, 0.05) is 23.3 Å². The minimum Gasteiger partial charge on any atom is -0.494 e. The lowest BCUT2D eigenvalue weighted by atomic mass is 10.1. The van der Waals surface area contributed by atoms with Gasteiger partial charge in [0.05, 0.1) is 23.8 Å². The standard InChI is InChI=1S/C20H19F2N5O3/c1-4-6-7-19-13(3)20(26-11-14(10-23-26)27(28)29)24-25(19)12-16-17(21)8-15(30-5-2)9-18(16)22/h4,6-11H,1,5,12H2,2-3H3/b7-6-. The van der Waals surface area contributed by atoms with E-state index in [2.05, 4.69) is 16.8 Å². The van der Waals surface area contributed by atoms with E-state index in [0.717, 1.165) is 18.3 Å². The molecule has 30 heavy (non-hydrogen) atoms. The summed E-state index contributed by atoms with van der Waals surface area (Å²) in [7, 11) is 0. The van der Waals surface area contributed by atoms with E-state index in [0.29, 0.717) is 17.1 Å². The maximum atomic E-state index is 14.5. The van der Waals surface area contributed by atoms with Crippen LogP contribution in [0.15, 0.2) is 43.3 Å². The Kier molecular flexibility index (Phi) is 6.05. The van der Waals surface area contributed by atoms with E-state index in [9.17, 15) is 18.9 Å². The van der Waals surface area contributed by atoms with E-state index in [4.69, 9.17) is 4.74 Å². The maximum Gasteiger partial charge on any atom is 0.307 e. The second-order valence-corrected chi connectivity index (χ2v) is 6.29. The smallest absolute Gasteiger partial charge is 0.307 e. The fraction of sp³-hybridized carbons (Fsp3) is 0.200. The van der Waals surface area contributed by atoms with E-state index < -0.39 is 16.6 Å². The highest BCUT2D eigenvalue weighted by Crippen LogP contribution is 2.25. The van der Waals surface area contributed by atoms with Crippen LogP contribution in [0.25, 0.3) is 11.9 Å². The minimum absolute atomic E-state index is 0.101. The Morgan fingerprint density at radius 2 is 2.03 bits per heavy atom. The van der Waals surface area contributed by atoms with Crippen molar-refractivity contribution in [3.8, 4) is 11.6 Å². The van der Waals surface area contributed by atoms with Crippen molar-refractivity contribution in [3.05, 3.63) is 81.8 Å². The number of hydrogen-bond acceptors (Lipinski definition) is 5. The van der Waals surface area contributed by atoms with Crippen LogP contribution in [-0.2, 0) is 6.54 Å². The highest BCUT2D eigenvalue weighted by Gasteiger charge is 2.20. The summed E-state index contributed by atoms with van der Waals surface area (Å²) in [6.45, 7) is 7.15. The largest absolute Gasteiger partial charge is 0.494 e. The molecule has 0 atom stereocenters. The first-order chi connectivity index (χ1) is 14.3. The van der Waals surface area contributed by atoms with Crippen molar-refractivity contribution in [3.63, 3.8) is 0 Å². The summed E-state index contributed by atoms with van der Waals surface area (Å²) < 4.78 is 36.9. The summed E-state index contributed by atoms with van der Waals surface area (Å²) in [5, 5.41) is 19.3. The number of benzene rings is 1. The molecule has 3 aromatic rings. The number of hydrogen-bond donors (Lipinski definition) is 0. The van der Waals surface area contributed by atoms with Gasteiger partial charge in [0.25, 0.3) is 0 Å². The molecule has 3 rings (SSSR count). The number of nitrogens with zero attached hydrogens (tertiary/aromatic N) is 5. The van der Waals surface area contributed by atoms with Crippen molar-refractivity contribution in [2.45, 2.75) is 20.4 Å². The third kappa shape index (κ3) is 4.12. The molecule has 0 aliphatic carbocycles. The molecule has 10 heteroatoms. The third-order valence-electron chi connectivity index (χ3n) is 4.33. The number of allylic oxidation sites excluding steroid dienone is 2. The molecule has 1 aromatic carbocycles. The Bertz CT molecular complexity index is 1110. The molecule has 8 nitrogen and oxygen atoms in total. The molecule has 0 radical (unpaired) electrons. The van der Waals surface area contributed by atoms with Gasteiger partial charge < -0.3 is 4.74 Å². The van der Waals surface area contributed by atoms with Gasteiger partial charge in [-0.1, -0.05) is 18.7 Å². The molecule has 0 saturated heterocycles. The summed E-state index contributed by atoms with van der Waals surface area (Å²) in [5.74, 6) is -1.12. The SMILES string of the molecule is C=C/C=C\c1c(C)c(-n2cc([N+](=O)[O-])cn2)nn1Cc1c(F)cc(OCC)cc1F. The summed E-state index contributed by atoms with van der Waals surface area (Å²) in [5.41, 5.74) is 0.788. The second-order valence-electron chi connectivity index (χ2n) is 6.29. The lowest BCUT2D eigenvalue weighted by molar-refractivity contribution is -0.384. The summed E-state index contributed by atoms with van der Waals surface area (Å²) >= 11 is 0. The van der Waals surface area contributed by atoms with Crippen LogP contribution < -0.4 is 4.74 Å². The maximum absolute atomic E-state index is 14.5. The number of nitro groups is 1. The molecule has 156 valence electrons. The quantitative estimate of drug-likeness (QED) is 0.312. The van der Waals surface area contributed by atoms with Crippen molar-refractivity contribution in [2.24, 2.45) is 0 Å². The van der Waals surface area contributed by atoms with Crippen LogP contribution in [0, 0.1) is 28.7 Å². The third-order valence-corrected chi connectivity index (χ3v) is 4.33. The van der Waals surface area contributed by atoms with Crippen LogP contribution in [-0.4, -0.2) is 31.1 Å². The Morgan fingerprint density at radius 3 is 2.60 bits per heavy atom. The Hall–Kier alpha value is -3.82. The van der Waals surface area contributed by atoms with E-state index in [1.54, 1.807) is 32.1 Å². The number of rotatable bonds is 8. The van der Waals surface area contributed by atoms with Crippen LogP contribution in [0.5, 0.6) is 5.75 Å². The second kappa shape index (κ2) is 8.68. The average Bonchev–Trinajstić information content (AvgIpc) is 3.29. The molecule has 0 amide bonds. The Morgan fingerprint density at radius 1 is 1.33 bits per heavy atom. The fourth-order valence-electron chi connectivity index (χ4n) is 2.91. The van der Waals surface area contributed by atoms with E-state index in [1.807, 2.05) is 0 Å². The Balaban J connectivity index is 2.07. The van der Waals surface area contributed by atoms with Crippen LogP contribution in [0.3, 0.4) is 0 Å². The van der Waals surface area contributed by atoms with Gasteiger partial charge >= 0.3 is 5.69 Å². The van der Waals surface area contributed by atoms with E-state index >= 15 is 0 Å². The predicted octanol–water partition coefficient (Wildman–Crippen LogP) is 4.21. The molecule has 0 aliphatic heterocycles. The molecule has 2 heterocycles. The topological polar surface area (TPSA) is 88.0 Å². The molecule has 0 fully saturated rings. The van der Waals surface area contributed by atoms with Crippen LogP contribution in [0.1, 0.15) is 23.7 Å². The van der Waals surface area contributed by atoms with Crippen LogP contribution >= 0.6 is 0 Å². The Labute approximate surface area is 170 Å². The molecule has 0 unspecified atom stereocenters. The van der Waals surface area contributed by atoms with E-state index in [-0.39, 0.29) is 30.2 Å². The monoisotopic (exact) mass is 415 g/mol. The van der Waals surface area contributed by atoms with Gasteiger partial charge in [0.2, 0.25) is 0 Å².